The van der Waals surface area contributed by atoms with E-state index in [2.05, 4.69) is 5.32 Å². The number of carbonyl (C=O) groups is 2. The van der Waals surface area contributed by atoms with E-state index in [4.69, 9.17) is 14.2 Å². The molecule has 1 aliphatic carbocycles. The van der Waals surface area contributed by atoms with Gasteiger partial charge in [0.15, 0.2) is 17.6 Å². The van der Waals surface area contributed by atoms with Crippen LogP contribution in [0.15, 0.2) is 24.3 Å². The number of nitrogens with one attached hydrogen (secondary N) is 1. The maximum Gasteiger partial charge on any atom is 0.351 e. The highest BCUT2D eigenvalue weighted by molar-refractivity contribution is 5.85. The summed E-state index contributed by atoms with van der Waals surface area (Å²) in [6, 6.07) is 7.33. The van der Waals surface area contributed by atoms with E-state index in [9.17, 15) is 9.59 Å². The van der Waals surface area contributed by atoms with Crippen molar-refractivity contribution in [3.63, 3.8) is 0 Å². The van der Waals surface area contributed by atoms with Crippen molar-refractivity contribution in [3.8, 4) is 11.5 Å². The molecule has 6 heteroatoms. The van der Waals surface area contributed by atoms with Crippen molar-refractivity contribution in [2.75, 3.05) is 6.61 Å². The highest BCUT2D eigenvalue weighted by atomic mass is 16.6. The second kappa shape index (κ2) is 6.89. The molecule has 0 saturated heterocycles. The van der Waals surface area contributed by atoms with Gasteiger partial charge in [0, 0.05) is 6.04 Å². The summed E-state index contributed by atoms with van der Waals surface area (Å²) < 4.78 is 16.3. The molecule has 2 atom stereocenters. The van der Waals surface area contributed by atoms with Crippen LogP contribution in [0.4, 0.5) is 0 Å². The van der Waals surface area contributed by atoms with Gasteiger partial charge in [0.05, 0.1) is 0 Å². The van der Waals surface area contributed by atoms with Crippen LogP contribution in [0.5, 0.6) is 11.5 Å². The highest BCUT2D eigenvalue weighted by Gasteiger charge is 2.31. The Hall–Kier alpha value is -2.24. The molecule has 3 rings (SSSR count). The molecule has 0 bridgehead atoms. The number of amides is 1. The SMILES string of the molecule is CC(OC(=O)C1COc2ccccc2O1)C(=O)NC1CCCC1. The lowest BCUT2D eigenvalue weighted by Gasteiger charge is -2.26. The summed E-state index contributed by atoms with van der Waals surface area (Å²) in [5.74, 6) is 0.253. The van der Waals surface area contributed by atoms with E-state index in [-0.39, 0.29) is 18.6 Å². The van der Waals surface area contributed by atoms with Gasteiger partial charge in [0.2, 0.25) is 6.10 Å². The van der Waals surface area contributed by atoms with E-state index in [1.54, 1.807) is 25.1 Å². The molecule has 2 unspecified atom stereocenters. The minimum Gasteiger partial charge on any atom is -0.485 e. The molecule has 1 aliphatic heterocycles. The molecule has 0 spiro atoms. The lowest BCUT2D eigenvalue weighted by atomic mass is 10.2. The Morgan fingerprint density at radius 3 is 2.65 bits per heavy atom. The molecule has 23 heavy (non-hydrogen) atoms. The molecule has 6 nitrogen and oxygen atoms in total. The van der Waals surface area contributed by atoms with Crippen LogP contribution in [0, 0.1) is 0 Å². The van der Waals surface area contributed by atoms with Crippen molar-refractivity contribution in [1.29, 1.82) is 0 Å². The smallest absolute Gasteiger partial charge is 0.351 e. The zero-order valence-corrected chi connectivity index (χ0v) is 13.1. The number of ether oxygens (including phenoxy) is 3. The fraction of sp³-hybridized carbons (Fsp3) is 0.529. The molecule has 0 radical (unpaired) electrons. The largest absolute Gasteiger partial charge is 0.485 e. The number of carbonyl (C=O) groups excluding carboxylic acids is 2. The summed E-state index contributed by atoms with van der Waals surface area (Å²) in [5.41, 5.74) is 0. The number of esters is 1. The van der Waals surface area contributed by atoms with Crippen LogP contribution in [0.25, 0.3) is 0 Å². The van der Waals surface area contributed by atoms with Gasteiger partial charge in [-0.05, 0) is 31.9 Å². The second-order valence-electron chi connectivity index (χ2n) is 5.93. The van der Waals surface area contributed by atoms with Crippen LogP contribution in [-0.4, -0.2) is 36.7 Å². The number of para-hydroxylation sites is 2. The van der Waals surface area contributed by atoms with Gasteiger partial charge in [-0.2, -0.15) is 0 Å². The molecule has 1 saturated carbocycles. The maximum absolute atomic E-state index is 12.2. The van der Waals surface area contributed by atoms with Crippen molar-refractivity contribution >= 4 is 11.9 Å². The zero-order chi connectivity index (χ0) is 16.2. The molecule has 2 aliphatic rings. The molecular formula is C17H21NO5. The Balaban J connectivity index is 1.51. The first-order valence-corrected chi connectivity index (χ1v) is 8.03. The maximum atomic E-state index is 12.2. The summed E-state index contributed by atoms with van der Waals surface area (Å²) >= 11 is 0. The zero-order valence-electron chi connectivity index (χ0n) is 13.1. The minimum atomic E-state index is -0.855. The Labute approximate surface area is 135 Å². The Kier molecular flexibility index (Phi) is 4.69. The van der Waals surface area contributed by atoms with E-state index < -0.39 is 18.2 Å². The first-order chi connectivity index (χ1) is 11.1. The number of benzene rings is 1. The van der Waals surface area contributed by atoms with E-state index in [0.717, 1.165) is 25.7 Å². The quantitative estimate of drug-likeness (QED) is 0.857. The summed E-state index contributed by atoms with van der Waals surface area (Å²) in [6.07, 6.45) is 2.54. The molecule has 124 valence electrons. The number of hydrogen-bond donors (Lipinski definition) is 1. The van der Waals surface area contributed by atoms with E-state index in [0.29, 0.717) is 11.5 Å². The van der Waals surface area contributed by atoms with Gasteiger partial charge in [-0.3, -0.25) is 4.79 Å². The molecule has 1 N–H and O–H groups in total. The van der Waals surface area contributed by atoms with Gasteiger partial charge >= 0.3 is 5.97 Å². The summed E-state index contributed by atoms with van der Waals surface area (Å²) in [7, 11) is 0. The van der Waals surface area contributed by atoms with Gasteiger partial charge in [-0.1, -0.05) is 25.0 Å². The van der Waals surface area contributed by atoms with Gasteiger partial charge in [0.25, 0.3) is 5.91 Å². The first kappa shape index (κ1) is 15.6. The van der Waals surface area contributed by atoms with E-state index >= 15 is 0 Å². The third kappa shape index (κ3) is 3.75. The molecule has 1 amide bonds. The van der Waals surface area contributed by atoms with Crippen molar-refractivity contribution in [1.82, 2.24) is 5.32 Å². The normalized spacial score (nSPS) is 21.5. The number of fused-ring (bicyclic) bond motifs is 1. The van der Waals surface area contributed by atoms with E-state index in [1.165, 1.54) is 0 Å². The monoisotopic (exact) mass is 319 g/mol. The Bertz CT molecular complexity index is 582. The van der Waals surface area contributed by atoms with Crippen molar-refractivity contribution in [3.05, 3.63) is 24.3 Å². The lowest BCUT2D eigenvalue weighted by molar-refractivity contribution is -0.163. The molecule has 1 aromatic carbocycles. The molecule has 0 aromatic heterocycles. The predicted octanol–water partition coefficient (Wildman–Crippen LogP) is 1.82. The van der Waals surface area contributed by atoms with Crippen molar-refractivity contribution in [2.24, 2.45) is 0 Å². The van der Waals surface area contributed by atoms with Gasteiger partial charge in [-0.15, -0.1) is 0 Å². The van der Waals surface area contributed by atoms with Crippen molar-refractivity contribution in [2.45, 2.75) is 50.9 Å². The average Bonchev–Trinajstić information content (AvgIpc) is 3.07. The Morgan fingerprint density at radius 1 is 1.22 bits per heavy atom. The van der Waals surface area contributed by atoms with Crippen LogP contribution < -0.4 is 14.8 Å². The molecule has 1 heterocycles. The van der Waals surface area contributed by atoms with Crippen LogP contribution in [0.2, 0.25) is 0 Å². The summed E-state index contributed by atoms with van der Waals surface area (Å²) in [5, 5.41) is 2.91. The fourth-order valence-corrected chi connectivity index (χ4v) is 2.83. The highest BCUT2D eigenvalue weighted by Crippen LogP contribution is 2.31. The lowest BCUT2D eigenvalue weighted by Crippen LogP contribution is -2.44. The van der Waals surface area contributed by atoms with Crippen LogP contribution in [-0.2, 0) is 14.3 Å². The molecular weight excluding hydrogens is 298 g/mol. The first-order valence-electron chi connectivity index (χ1n) is 8.03. The fourth-order valence-electron chi connectivity index (χ4n) is 2.83. The van der Waals surface area contributed by atoms with Gasteiger partial charge < -0.3 is 19.5 Å². The number of hydrogen-bond acceptors (Lipinski definition) is 5. The van der Waals surface area contributed by atoms with Gasteiger partial charge in [0.1, 0.15) is 6.61 Å². The summed E-state index contributed by atoms with van der Waals surface area (Å²) in [6.45, 7) is 1.65. The van der Waals surface area contributed by atoms with Crippen LogP contribution in [0.3, 0.4) is 0 Å². The second-order valence-corrected chi connectivity index (χ2v) is 5.93. The van der Waals surface area contributed by atoms with Gasteiger partial charge in [-0.25, -0.2) is 4.79 Å². The average molecular weight is 319 g/mol. The molecule has 1 fully saturated rings. The van der Waals surface area contributed by atoms with Crippen LogP contribution in [0.1, 0.15) is 32.6 Å². The predicted molar refractivity (Wildman–Crippen MR) is 82.3 cm³/mol. The van der Waals surface area contributed by atoms with E-state index in [1.807, 2.05) is 6.07 Å². The minimum absolute atomic E-state index is 0.0762. The Morgan fingerprint density at radius 2 is 1.91 bits per heavy atom. The standard InChI is InChI=1S/C17H21NO5/c1-11(16(19)18-12-6-2-3-7-12)22-17(20)15-10-21-13-8-4-5-9-14(13)23-15/h4-5,8-9,11-12,15H,2-3,6-7,10H2,1H3,(H,18,19). The van der Waals surface area contributed by atoms with Crippen LogP contribution >= 0.6 is 0 Å². The van der Waals surface area contributed by atoms with Crippen molar-refractivity contribution < 1.29 is 23.8 Å². The topological polar surface area (TPSA) is 73.9 Å². The summed E-state index contributed by atoms with van der Waals surface area (Å²) in [4.78, 5) is 24.2. The third-order valence-corrected chi connectivity index (χ3v) is 4.14. The molecule has 1 aromatic rings. The third-order valence-electron chi connectivity index (χ3n) is 4.14. The number of rotatable bonds is 4.